The van der Waals surface area contributed by atoms with Crippen LogP contribution < -0.4 is 5.14 Å². The van der Waals surface area contributed by atoms with Gasteiger partial charge in [-0.15, -0.1) is 0 Å². The molecule has 0 fully saturated rings. The Bertz CT molecular complexity index is 269. The number of hydrogen-bond donors (Lipinski definition) is 1. The summed E-state index contributed by atoms with van der Waals surface area (Å²) >= 11 is 0. The van der Waals surface area contributed by atoms with Gasteiger partial charge in [-0.05, 0) is 24.1 Å². The Morgan fingerprint density at radius 3 is 2.07 bits per heavy atom. The fraction of sp³-hybridized carbons (Fsp3) is 0.455. The lowest BCUT2D eigenvalue weighted by Crippen LogP contribution is -2.02. The van der Waals surface area contributed by atoms with Gasteiger partial charge in [-0.25, -0.2) is 9.35 Å². The highest BCUT2D eigenvalue weighted by Gasteiger charge is 1.96. The second kappa shape index (κ2) is 7.71. The molecule has 0 saturated heterocycles. The van der Waals surface area contributed by atoms with Crippen molar-refractivity contribution in [3.63, 3.8) is 0 Å². The first-order valence-corrected chi connectivity index (χ1v) is 6.20. The zero-order valence-corrected chi connectivity index (χ0v) is 9.93. The van der Waals surface area contributed by atoms with Crippen LogP contribution in [0.2, 0.25) is 0 Å². The molecule has 80 valence electrons. The highest BCUT2D eigenvalue weighted by Crippen LogP contribution is 2.07. The molecule has 0 bridgehead atoms. The Balaban J connectivity index is 0.000000791. The highest BCUT2D eigenvalue weighted by molar-refractivity contribution is 7.82. The van der Waals surface area contributed by atoms with Crippen molar-refractivity contribution < 1.29 is 4.21 Å². The van der Waals surface area contributed by atoms with Crippen LogP contribution in [0.3, 0.4) is 0 Å². The molecule has 0 saturated carbocycles. The molecule has 1 atom stereocenters. The fourth-order valence-electron chi connectivity index (χ4n) is 1.08. The molecule has 14 heavy (non-hydrogen) atoms. The zero-order chi connectivity index (χ0) is 11.0. The Morgan fingerprint density at radius 1 is 1.21 bits per heavy atom. The van der Waals surface area contributed by atoms with Gasteiger partial charge in [0.2, 0.25) is 0 Å². The summed E-state index contributed by atoms with van der Waals surface area (Å²) in [5.74, 6) is 0. The molecule has 0 aliphatic rings. The van der Waals surface area contributed by atoms with Gasteiger partial charge in [0, 0.05) is 0 Å². The van der Waals surface area contributed by atoms with E-state index in [1.54, 1.807) is 0 Å². The normalized spacial score (nSPS) is 11.4. The lowest BCUT2D eigenvalue weighted by atomic mass is 10.1. The largest absolute Gasteiger partial charge is 0.248 e. The number of benzene rings is 1. The van der Waals surface area contributed by atoms with E-state index in [0.29, 0.717) is 4.90 Å². The van der Waals surface area contributed by atoms with Crippen LogP contribution in [0.5, 0.6) is 0 Å². The van der Waals surface area contributed by atoms with Crippen molar-refractivity contribution in [2.45, 2.75) is 38.5 Å². The summed E-state index contributed by atoms with van der Waals surface area (Å²) in [4.78, 5) is 0.690. The summed E-state index contributed by atoms with van der Waals surface area (Å²) in [7, 11) is -1.34. The summed E-state index contributed by atoms with van der Waals surface area (Å²) in [5, 5.41) is 5.21. The second-order valence-electron chi connectivity index (χ2n) is 2.69. The van der Waals surface area contributed by atoms with Gasteiger partial charge in [-0.2, -0.15) is 0 Å². The summed E-state index contributed by atoms with van der Waals surface area (Å²) in [6.45, 7) is 6.13. The van der Waals surface area contributed by atoms with Gasteiger partial charge < -0.3 is 0 Å². The minimum absolute atomic E-state index is 0.690. The van der Waals surface area contributed by atoms with Gasteiger partial charge in [0.25, 0.3) is 0 Å². The standard InChI is InChI=1S/C9H13NOS.C2H6/c1-2-3-8-4-6-9(7-5-8)12(10)11;1-2/h4-7H,2-3,10H2,1H3;1-2H3. The van der Waals surface area contributed by atoms with Crippen molar-refractivity contribution in [1.29, 1.82) is 0 Å². The van der Waals surface area contributed by atoms with Crippen LogP contribution in [0.4, 0.5) is 0 Å². The van der Waals surface area contributed by atoms with Crippen LogP contribution in [-0.4, -0.2) is 4.21 Å². The molecule has 0 aromatic heterocycles. The fourth-order valence-corrected chi connectivity index (χ4v) is 1.48. The SMILES string of the molecule is CC.CCCc1ccc(S(N)=O)cc1. The number of aryl methyl sites for hydroxylation is 1. The van der Waals surface area contributed by atoms with E-state index in [1.165, 1.54) is 5.56 Å². The van der Waals surface area contributed by atoms with E-state index in [4.69, 9.17) is 5.14 Å². The minimum atomic E-state index is -1.34. The smallest absolute Gasteiger partial charge is 0.122 e. The molecule has 1 rings (SSSR count). The Labute approximate surface area is 89.1 Å². The van der Waals surface area contributed by atoms with Gasteiger partial charge in [0.15, 0.2) is 0 Å². The Kier molecular flexibility index (Phi) is 7.34. The molecule has 0 spiro atoms. The lowest BCUT2D eigenvalue weighted by molar-refractivity contribution is 0.684. The summed E-state index contributed by atoms with van der Waals surface area (Å²) < 4.78 is 10.8. The monoisotopic (exact) mass is 213 g/mol. The third-order valence-electron chi connectivity index (χ3n) is 1.69. The van der Waals surface area contributed by atoms with Crippen molar-refractivity contribution in [2.75, 3.05) is 0 Å². The van der Waals surface area contributed by atoms with Crippen LogP contribution >= 0.6 is 0 Å². The van der Waals surface area contributed by atoms with E-state index in [-0.39, 0.29) is 0 Å². The van der Waals surface area contributed by atoms with Crippen molar-refractivity contribution in [2.24, 2.45) is 5.14 Å². The van der Waals surface area contributed by atoms with E-state index < -0.39 is 11.0 Å². The molecular formula is C11H19NOS. The number of rotatable bonds is 3. The first-order valence-electron chi connectivity index (χ1n) is 4.99. The van der Waals surface area contributed by atoms with Crippen LogP contribution in [0.15, 0.2) is 29.2 Å². The van der Waals surface area contributed by atoms with E-state index in [9.17, 15) is 4.21 Å². The predicted octanol–water partition coefficient (Wildman–Crippen LogP) is 2.65. The Hall–Kier alpha value is -0.670. The van der Waals surface area contributed by atoms with Crippen LogP contribution in [0.25, 0.3) is 0 Å². The molecule has 0 aliphatic heterocycles. The van der Waals surface area contributed by atoms with Crippen molar-refractivity contribution in [3.05, 3.63) is 29.8 Å². The molecule has 2 nitrogen and oxygen atoms in total. The molecule has 0 amide bonds. The number of nitrogens with two attached hydrogens (primary N) is 1. The third-order valence-corrected chi connectivity index (χ3v) is 2.43. The van der Waals surface area contributed by atoms with E-state index >= 15 is 0 Å². The van der Waals surface area contributed by atoms with Gasteiger partial charge in [-0.3, -0.25) is 0 Å². The van der Waals surface area contributed by atoms with E-state index in [1.807, 2.05) is 38.1 Å². The molecule has 0 aliphatic carbocycles. The molecule has 1 unspecified atom stereocenters. The van der Waals surface area contributed by atoms with Crippen molar-refractivity contribution in [3.8, 4) is 0 Å². The molecule has 0 radical (unpaired) electrons. The van der Waals surface area contributed by atoms with Gasteiger partial charge in [-0.1, -0.05) is 39.3 Å². The van der Waals surface area contributed by atoms with Gasteiger partial charge in [0.05, 0.1) is 4.90 Å². The minimum Gasteiger partial charge on any atom is -0.248 e. The maximum absolute atomic E-state index is 10.8. The average Bonchev–Trinajstić information content (AvgIpc) is 2.22. The summed E-state index contributed by atoms with van der Waals surface area (Å²) in [6.07, 6.45) is 2.20. The second-order valence-corrected chi connectivity index (χ2v) is 3.76. The zero-order valence-electron chi connectivity index (χ0n) is 9.12. The Morgan fingerprint density at radius 2 is 1.71 bits per heavy atom. The van der Waals surface area contributed by atoms with Crippen LogP contribution in [0, 0.1) is 0 Å². The first kappa shape index (κ1) is 13.3. The molecule has 1 aromatic carbocycles. The molecule has 2 N–H and O–H groups in total. The van der Waals surface area contributed by atoms with Gasteiger partial charge in [0.1, 0.15) is 11.0 Å². The quantitative estimate of drug-likeness (QED) is 0.824. The van der Waals surface area contributed by atoms with Crippen LogP contribution in [-0.2, 0) is 17.4 Å². The number of hydrogen-bond acceptors (Lipinski definition) is 1. The summed E-state index contributed by atoms with van der Waals surface area (Å²) in [5.41, 5.74) is 1.27. The highest BCUT2D eigenvalue weighted by atomic mass is 32.2. The third kappa shape index (κ3) is 4.53. The van der Waals surface area contributed by atoms with E-state index in [2.05, 4.69) is 6.92 Å². The predicted molar refractivity (Wildman–Crippen MR) is 62.4 cm³/mol. The average molecular weight is 213 g/mol. The topological polar surface area (TPSA) is 43.1 Å². The lowest BCUT2D eigenvalue weighted by Gasteiger charge is -1.99. The first-order chi connectivity index (χ1) is 6.74. The van der Waals surface area contributed by atoms with E-state index in [0.717, 1.165) is 12.8 Å². The molecular weight excluding hydrogens is 194 g/mol. The van der Waals surface area contributed by atoms with Crippen LogP contribution in [0.1, 0.15) is 32.8 Å². The maximum atomic E-state index is 10.8. The molecule has 0 heterocycles. The summed E-state index contributed by atoms with van der Waals surface area (Å²) in [6, 6.07) is 7.59. The molecule has 3 heteroatoms. The van der Waals surface area contributed by atoms with Crippen molar-refractivity contribution >= 4 is 11.0 Å². The van der Waals surface area contributed by atoms with Gasteiger partial charge >= 0.3 is 0 Å². The molecule has 1 aromatic rings. The van der Waals surface area contributed by atoms with Crippen molar-refractivity contribution in [1.82, 2.24) is 0 Å². The maximum Gasteiger partial charge on any atom is 0.122 e.